The largest absolute Gasteiger partial charge is 0.497 e. The van der Waals surface area contributed by atoms with Gasteiger partial charge in [0.2, 0.25) is 0 Å². The van der Waals surface area contributed by atoms with E-state index in [2.05, 4.69) is 5.32 Å². The van der Waals surface area contributed by atoms with Crippen molar-refractivity contribution >= 4 is 21.6 Å². The van der Waals surface area contributed by atoms with Gasteiger partial charge in [0, 0.05) is 12.6 Å². The minimum Gasteiger partial charge on any atom is -0.497 e. The van der Waals surface area contributed by atoms with Gasteiger partial charge in [-0.1, -0.05) is 24.3 Å². The van der Waals surface area contributed by atoms with E-state index in [0.29, 0.717) is 17.0 Å². The summed E-state index contributed by atoms with van der Waals surface area (Å²) in [5, 5.41) is 2.99. The zero-order valence-electron chi connectivity index (χ0n) is 18.0. The molecular weight excluding hydrogens is 412 g/mol. The zero-order valence-corrected chi connectivity index (χ0v) is 18.8. The van der Waals surface area contributed by atoms with Crippen LogP contribution in [0.2, 0.25) is 0 Å². The van der Waals surface area contributed by atoms with Crippen LogP contribution in [0.3, 0.4) is 0 Å². The molecule has 0 heterocycles. The van der Waals surface area contributed by atoms with E-state index in [0.717, 1.165) is 11.1 Å². The van der Waals surface area contributed by atoms with Gasteiger partial charge in [-0.2, -0.15) is 0 Å². The van der Waals surface area contributed by atoms with Crippen LogP contribution in [0, 0.1) is 6.92 Å². The first kappa shape index (κ1) is 22.4. The van der Waals surface area contributed by atoms with Crippen LogP contribution in [0.25, 0.3) is 0 Å². The van der Waals surface area contributed by atoms with Gasteiger partial charge >= 0.3 is 0 Å². The molecule has 0 aliphatic rings. The SMILES string of the molecule is COc1ccc(S(=O)(=O)N(C)c2ccc(C(=O)NC(C)c3ccccc3C)cc2)cc1. The molecule has 1 unspecified atom stereocenters. The Morgan fingerprint density at radius 2 is 1.58 bits per heavy atom. The fraction of sp³-hybridized carbons (Fsp3) is 0.208. The Morgan fingerprint density at radius 1 is 0.968 bits per heavy atom. The average molecular weight is 439 g/mol. The predicted molar refractivity (Wildman–Crippen MR) is 122 cm³/mol. The summed E-state index contributed by atoms with van der Waals surface area (Å²) in [5.74, 6) is 0.361. The first-order chi connectivity index (χ1) is 14.7. The summed E-state index contributed by atoms with van der Waals surface area (Å²) >= 11 is 0. The highest BCUT2D eigenvalue weighted by molar-refractivity contribution is 7.92. The summed E-state index contributed by atoms with van der Waals surface area (Å²) in [6, 6.07) is 20.4. The molecule has 0 bridgehead atoms. The Labute approximate surface area is 183 Å². The van der Waals surface area contributed by atoms with Gasteiger partial charge in [-0.3, -0.25) is 9.10 Å². The molecule has 6 nitrogen and oxygen atoms in total. The standard InChI is InChI=1S/C24H26N2O4S/c1-17-7-5-6-8-23(17)18(2)25-24(27)19-9-11-20(12-10-19)26(3)31(28,29)22-15-13-21(30-4)14-16-22/h5-16,18H,1-4H3,(H,25,27). The molecule has 1 atom stereocenters. The molecular formula is C24H26N2O4S. The smallest absolute Gasteiger partial charge is 0.264 e. The number of anilines is 1. The van der Waals surface area contributed by atoms with Crippen molar-refractivity contribution in [3.63, 3.8) is 0 Å². The number of aryl methyl sites for hydroxylation is 1. The number of ether oxygens (including phenoxy) is 1. The normalized spacial score (nSPS) is 12.1. The summed E-state index contributed by atoms with van der Waals surface area (Å²) in [6.07, 6.45) is 0. The lowest BCUT2D eigenvalue weighted by atomic mass is 10.0. The van der Waals surface area contributed by atoms with Gasteiger partial charge in [-0.15, -0.1) is 0 Å². The van der Waals surface area contributed by atoms with Gasteiger partial charge in [-0.25, -0.2) is 8.42 Å². The maximum Gasteiger partial charge on any atom is 0.264 e. The molecule has 3 aromatic carbocycles. The second kappa shape index (κ2) is 9.22. The van der Waals surface area contributed by atoms with E-state index in [9.17, 15) is 13.2 Å². The molecule has 3 aromatic rings. The zero-order chi connectivity index (χ0) is 22.6. The Bertz CT molecular complexity index is 1160. The minimum atomic E-state index is -3.73. The number of benzene rings is 3. The van der Waals surface area contributed by atoms with Gasteiger partial charge in [0.1, 0.15) is 5.75 Å². The van der Waals surface area contributed by atoms with Crippen LogP contribution in [0.4, 0.5) is 5.69 Å². The van der Waals surface area contributed by atoms with Crippen LogP contribution in [-0.4, -0.2) is 28.5 Å². The molecule has 162 valence electrons. The number of nitrogens with zero attached hydrogens (tertiary/aromatic N) is 1. The van der Waals surface area contributed by atoms with E-state index < -0.39 is 10.0 Å². The van der Waals surface area contributed by atoms with Crippen molar-refractivity contribution in [3.8, 4) is 5.75 Å². The van der Waals surface area contributed by atoms with Crippen LogP contribution < -0.4 is 14.4 Å². The number of hydrogen-bond donors (Lipinski definition) is 1. The summed E-state index contributed by atoms with van der Waals surface area (Å²) < 4.78 is 32.0. The van der Waals surface area contributed by atoms with Crippen LogP contribution in [0.15, 0.2) is 77.7 Å². The number of carbonyl (C=O) groups is 1. The molecule has 0 saturated heterocycles. The van der Waals surface area contributed by atoms with E-state index in [1.165, 1.54) is 30.6 Å². The summed E-state index contributed by atoms with van der Waals surface area (Å²) in [5.41, 5.74) is 3.08. The van der Waals surface area contributed by atoms with E-state index in [1.807, 2.05) is 38.1 Å². The molecule has 7 heteroatoms. The van der Waals surface area contributed by atoms with Crippen molar-refractivity contribution in [2.45, 2.75) is 24.8 Å². The molecule has 1 amide bonds. The predicted octanol–water partition coefficient (Wildman–Crippen LogP) is 4.32. The number of methoxy groups -OCH3 is 1. The first-order valence-electron chi connectivity index (χ1n) is 9.83. The van der Waals surface area contributed by atoms with Crippen molar-refractivity contribution < 1.29 is 17.9 Å². The Balaban J connectivity index is 1.74. The third-order valence-electron chi connectivity index (χ3n) is 5.21. The summed E-state index contributed by atoms with van der Waals surface area (Å²) in [4.78, 5) is 12.8. The molecule has 0 saturated carbocycles. The van der Waals surface area contributed by atoms with Crippen LogP contribution in [-0.2, 0) is 10.0 Å². The average Bonchev–Trinajstić information content (AvgIpc) is 2.78. The van der Waals surface area contributed by atoms with Crippen LogP contribution in [0.1, 0.15) is 34.5 Å². The topological polar surface area (TPSA) is 75.7 Å². The number of hydrogen-bond acceptors (Lipinski definition) is 4. The highest BCUT2D eigenvalue weighted by atomic mass is 32.2. The van der Waals surface area contributed by atoms with Gasteiger partial charge in [0.05, 0.1) is 23.7 Å². The summed E-state index contributed by atoms with van der Waals surface area (Å²) in [7, 11) is -0.729. The first-order valence-corrected chi connectivity index (χ1v) is 11.3. The maximum absolute atomic E-state index is 12.9. The van der Waals surface area contributed by atoms with Crippen LogP contribution in [0.5, 0.6) is 5.75 Å². The molecule has 0 radical (unpaired) electrons. The summed E-state index contributed by atoms with van der Waals surface area (Å²) in [6.45, 7) is 3.94. The lowest BCUT2D eigenvalue weighted by molar-refractivity contribution is 0.0940. The number of sulfonamides is 1. The Morgan fingerprint density at radius 3 is 2.16 bits per heavy atom. The molecule has 0 aliphatic carbocycles. The third kappa shape index (κ3) is 4.88. The molecule has 31 heavy (non-hydrogen) atoms. The molecule has 1 N–H and O–H groups in total. The van der Waals surface area contributed by atoms with Gasteiger partial charge in [0.15, 0.2) is 0 Å². The second-order valence-electron chi connectivity index (χ2n) is 7.25. The number of rotatable bonds is 7. The Hall–Kier alpha value is -3.32. The lowest BCUT2D eigenvalue weighted by Crippen LogP contribution is -2.28. The van der Waals surface area contributed by atoms with E-state index in [-0.39, 0.29) is 16.8 Å². The maximum atomic E-state index is 12.9. The van der Waals surface area contributed by atoms with Crippen molar-refractivity contribution in [1.29, 1.82) is 0 Å². The number of amides is 1. The lowest BCUT2D eigenvalue weighted by Gasteiger charge is -2.20. The molecule has 0 fully saturated rings. The van der Waals surface area contributed by atoms with Crippen molar-refractivity contribution in [1.82, 2.24) is 5.32 Å². The highest BCUT2D eigenvalue weighted by Crippen LogP contribution is 2.24. The van der Waals surface area contributed by atoms with Crippen molar-refractivity contribution in [2.24, 2.45) is 0 Å². The van der Waals surface area contributed by atoms with Crippen molar-refractivity contribution in [2.75, 3.05) is 18.5 Å². The minimum absolute atomic E-state index is 0.147. The van der Waals surface area contributed by atoms with E-state index in [4.69, 9.17) is 4.74 Å². The quantitative estimate of drug-likeness (QED) is 0.596. The number of carbonyl (C=O) groups excluding carboxylic acids is 1. The van der Waals surface area contributed by atoms with Crippen LogP contribution >= 0.6 is 0 Å². The van der Waals surface area contributed by atoms with E-state index in [1.54, 1.807) is 36.4 Å². The third-order valence-corrected chi connectivity index (χ3v) is 7.01. The molecule has 0 aliphatic heterocycles. The Kier molecular flexibility index (Phi) is 6.65. The van der Waals surface area contributed by atoms with Crippen molar-refractivity contribution in [3.05, 3.63) is 89.5 Å². The fourth-order valence-corrected chi connectivity index (χ4v) is 4.49. The highest BCUT2D eigenvalue weighted by Gasteiger charge is 2.22. The van der Waals surface area contributed by atoms with Gasteiger partial charge < -0.3 is 10.1 Å². The van der Waals surface area contributed by atoms with E-state index >= 15 is 0 Å². The molecule has 0 spiro atoms. The second-order valence-corrected chi connectivity index (χ2v) is 9.22. The fourth-order valence-electron chi connectivity index (χ4n) is 3.30. The molecule has 0 aromatic heterocycles. The molecule has 3 rings (SSSR count). The monoisotopic (exact) mass is 438 g/mol. The van der Waals surface area contributed by atoms with Gasteiger partial charge in [-0.05, 0) is 73.5 Å². The van der Waals surface area contributed by atoms with Gasteiger partial charge in [0.25, 0.3) is 15.9 Å². The number of nitrogens with one attached hydrogen (secondary N) is 1.